The van der Waals surface area contributed by atoms with Crippen LogP contribution in [0.2, 0.25) is 0 Å². The van der Waals surface area contributed by atoms with Crippen LogP contribution in [0.15, 0.2) is 0 Å². The van der Waals surface area contributed by atoms with Crippen molar-refractivity contribution in [2.24, 2.45) is 5.92 Å². The van der Waals surface area contributed by atoms with Gasteiger partial charge < -0.3 is 4.90 Å². The molecule has 1 N–H and O–H groups in total. The van der Waals surface area contributed by atoms with Gasteiger partial charge in [0.1, 0.15) is 5.54 Å². The molecule has 1 saturated carbocycles. The molecule has 1 heterocycles. The first-order valence-corrected chi connectivity index (χ1v) is 8.16. The minimum atomic E-state index is -0.226. The number of hydrogen-bond acceptors (Lipinski definition) is 3. The highest BCUT2D eigenvalue weighted by Crippen LogP contribution is 2.38. The van der Waals surface area contributed by atoms with E-state index in [1.165, 1.54) is 51.6 Å². The molecular formula is C16H29N3. The van der Waals surface area contributed by atoms with E-state index in [4.69, 9.17) is 0 Å². The van der Waals surface area contributed by atoms with Crippen molar-refractivity contribution in [3.8, 4) is 6.07 Å². The Morgan fingerprint density at radius 1 is 1.32 bits per heavy atom. The average molecular weight is 263 g/mol. The summed E-state index contributed by atoms with van der Waals surface area (Å²) in [6.07, 6.45) is 8.68. The molecule has 1 aliphatic heterocycles. The molecule has 108 valence electrons. The molecule has 3 nitrogen and oxygen atoms in total. The van der Waals surface area contributed by atoms with Crippen molar-refractivity contribution in [2.45, 2.75) is 70.4 Å². The summed E-state index contributed by atoms with van der Waals surface area (Å²) >= 11 is 0. The minimum Gasteiger partial charge on any atom is -0.300 e. The molecule has 0 amide bonds. The summed E-state index contributed by atoms with van der Waals surface area (Å²) in [5.41, 5.74) is -0.226. The molecule has 3 heteroatoms. The molecule has 0 aromatic carbocycles. The van der Waals surface area contributed by atoms with Crippen molar-refractivity contribution in [1.82, 2.24) is 10.2 Å². The molecule has 0 radical (unpaired) electrons. The minimum absolute atomic E-state index is 0.226. The lowest BCUT2D eigenvalue weighted by molar-refractivity contribution is 0.208. The van der Waals surface area contributed by atoms with Crippen LogP contribution < -0.4 is 5.32 Å². The van der Waals surface area contributed by atoms with Gasteiger partial charge in [0.25, 0.3) is 0 Å². The van der Waals surface area contributed by atoms with Crippen molar-refractivity contribution in [2.75, 3.05) is 19.6 Å². The van der Waals surface area contributed by atoms with Gasteiger partial charge in [-0.1, -0.05) is 20.3 Å². The van der Waals surface area contributed by atoms with E-state index >= 15 is 0 Å². The predicted molar refractivity (Wildman–Crippen MR) is 78.9 cm³/mol. The summed E-state index contributed by atoms with van der Waals surface area (Å²) in [6, 6.07) is 3.40. The maximum absolute atomic E-state index is 9.58. The van der Waals surface area contributed by atoms with Crippen molar-refractivity contribution in [3.05, 3.63) is 0 Å². The largest absolute Gasteiger partial charge is 0.300 e. The molecular weight excluding hydrogens is 234 g/mol. The lowest BCUT2D eigenvalue weighted by atomic mass is 9.85. The van der Waals surface area contributed by atoms with Gasteiger partial charge in [-0.25, -0.2) is 0 Å². The fourth-order valence-corrected chi connectivity index (χ4v) is 4.18. The summed E-state index contributed by atoms with van der Waals surface area (Å²) in [4.78, 5) is 2.66. The first-order chi connectivity index (χ1) is 9.25. The molecule has 3 unspecified atom stereocenters. The Balaban J connectivity index is 1.89. The van der Waals surface area contributed by atoms with Gasteiger partial charge >= 0.3 is 0 Å². The fourth-order valence-electron chi connectivity index (χ4n) is 4.18. The summed E-state index contributed by atoms with van der Waals surface area (Å²) in [6.45, 7) is 7.79. The number of rotatable bonds is 6. The standard InChI is InChI=1S/C16H29N3/c1-3-15-8-6-11-19(15)12-9-14-7-5-10-16(14,13-17)18-4-2/h14-15,18H,3-12H2,1-2H3. The van der Waals surface area contributed by atoms with Crippen LogP contribution in [-0.2, 0) is 0 Å². The van der Waals surface area contributed by atoms with Crippen LogP contribution in [0.25, 0.3) is 0 Å². The van der Waals surface area contributed by atoms with Crippen LogP contribution >= 0.6 is 0 Å². The first kappa shape index (κ1) is 14.8. The van der Waals surface area contributed by atoms with Gasteiger partial charge in [-0.15, -0.1) is 0 Å². The Morgan fingerprint density at radius 3 is 2.84 bits per heavy atom. The van der Waals surface area contributed by atoms with Crippen LogP contribution in [0, 0.1) is 17.2 Å². The lowest BCUT2D eigenvalue weighted by Crippen LogP contribution is -2.47. The molecule has 0 aromatic rings. The molecule has 0 spiro atoms. The van der Waals surface area contributed by atoms with E-state index in [1.54, 1.807) is 0 Å². The third kappa shape index (κ3) is 3.12. The Morgan fingerprint density at radius 2 is 2.16 bits per heavy atom. The smallest absolute Gasteiger partial charge is 0.109 e. The van der Waals surface area contributed by atoms with E-state index in [0.29, 0.717) is 5.92 Å². The molecule has 0 aromatic heterocycles. The van der Waals surface area contributed by atoms with Gasteiger partial charge in [-0.05, 0) is 64.1 Å². The lowest BCUT2D eigenvalue weighted by Gasteiger charge is -2.32. The second-order valence-electron chi connectivity index (χ2n) is 6.23. The van der Waals surface area contributed by atoms with E-state index in [-0.39, 0.29) is 5.54 Å². The molecule has 2 fully saturated rings. The number of likely N-dealkylation sites (tertiary alicyclic amines) is 1. The molecule has 1 saturated heterocycles. The maximum atomic E-state index is 9.58. The van der Waals surface area contributed by atoms with E-state index in [1.807, 2.05) is 0 Å². The van der Waals surface area contributed by atoms with Crippen LogP contribution in [0.3, 0.4) is 0 Å². The zero-order valence-electron chi connectivity index (χ0n) is 12.6. The quantitative estimate of drug-likeness (QED) is 0.801. The highest BCUT2D eigenvalue weighted by atomic mass is 15.2. The highest BCUT2D eigenvalue weighted by Gasteiger charge is 2.42. The second-order valence-corrected chi connectivity index (χ2v) is 6.23. The van der Waals surface area contributed by atoms with Gasteiger partial charge in [0.2, 0.25) is 0 Å². The van der Waals surface area contributed by atoms with Crippen molar-refractivity contribution < 1.29 is 0 Å². The Hall–Kier alpha value is -0.590. The number of nitriles is 1. The van der Waals surface area contributed by atoms with Crippen LogP contribution in [0.5, 0.6) is 0 Å². The highest BCUT2D eigenvalue weighted by molar-refractivity contribution is 5.14. The fraction of sp³-hybridized carbons (Fsp3) is 0.938. The first-order valence-electron chi connectivity index (χ1n) is 8.16. The summed E-state index contributed by atoms with van der Waals surface area (Å²) in [7, 11) is 0. The van der Waals surface area contributed by atoms with E-state index in [9.17, 15) is 5.26 Å². The number of hydrogen-bond donors (Lipinski definition) is 1. The number of nitrogens with one attached hydrogen (secondary N) is 1. The monoisotopic (exact) mass is 263 g/mol. The van der Waals surface area contributed by atoms with E-state index < -0.39 is 0 Å². The molecule has 0 bridgehead atoms. The van der Waals surface area contributed by atoms with Crippen LogP contribution in [0.4, 0.5) is 0 Å². The molecule has 1 aliphatic carbocycles. The number of nitrogens with zero attached hydrogens (tertiary/aromatic N) is 2. The summed E-state index contributed by atoms with van der Waals surface area (Å²) in [5, 5.41) is 13.1. The Kier molecular flexibility index (Phi) is 5.24. The van der Waals surface area contributed by atoms with Crippen molar-refractivity contribution >= 4 is 0 Å². The predicted octanol–water partition coefficient (Wildman–Crippen LogP) is 2.92. The van der Waals surface area contributed by atoms with Crippen molar-refractivity contribution in [3.63, 3.8) is 0 Å². The van der Waals surface area contributed by atoms with Crippen LogP contribution in [-0.4, -0.2) is 36.1 Å². The van der Waals surface area contributed by atoms with Gasteiger partial charge in [-0.2, -0.15) is 5.26 Å². The second kappa shape index (κ2) is 6.72. The SMILES string of the molecule is CCNC1(C#N)CCCC1CCN1CCCC1CC. The van der Waals surface area contributed by atoms with Gasteiger partial charge in [-0.3, -0.25) is 5.32 Å². The van der Waals surface area contributed by atoms with Crippen LogP contribution in [0.1, 0.15) is 58.8 Å². The molecule has 3 atom stereocenters. The summed E-state index contributed by atoms with van der Waals surface area (Å²) < 4.78 is 0. The Labute approximate surface area is 118 Å². The average Bonchev–Trinajstić information content (AvgIpc) is 3.03. The molecule has 2 rings (SSSR count). The normalized spacial score (nSPS) is 35.6. The maximum Gasteiger partial charge on any atom is 0.109 e. The third-order valence-corrected chi connectivity index (χ3v) is 5.25. The van der Waals surface area contributed by atoms with Gasteiger partial charge in [0.15, 0.2) is 0 Å². The third-order valence-electron chi connectivity index (χ3n) is 5.25. The Bertz CT molecular complexity index is 322. The summed E-state index contributed by atoms with van der Waals surface area (Å²) in [5.74, 6) is 0.551. The van der Waals surface area contributed by atoms with E-state index in [2.05, 4.69) is 30.1 Å². The topological polar surface area (TPSA) is 39.1 Å². The zero-order chi connectivity index (χ0) is 13.7. The molecule has 19 heavy (non-hydrogen) atoms. The molecule has 2 aliphatic rings. The van der Waals surface area contributed by atoms with E-state index in [0.717, 1.165) is 19.0 Å². The van der Waals surface area contributed by atoms with Gasteiger partial charge in [0.05, 0.1) is 6.07 Å². The van der Waals surface area contributed by atoms with Crippen molar-refractivity contribution in [1.29, 1.82) is 5.26 Å². The zero-order valence-corrected chi connectivity index (χ0v) is 12.6. The van der Waals surface area contributed by atoms with Gasteiger partial charge in [0, 0.05) is 6.04 Å².